The molecule has 5 atom stereocenters. The number of nitrogens with one attached hydrogen (secondary N) is 1. The van der Waals surface area contributed by atoms with Crippen LogP contribution >= 0.6 is 11.6 Å². The summed E-state index contributed by atoms with van der Waals surface area (Å²) in [5.74, 6) is -0.880. The van der Waals surface area contributed by atoms with E-state index in [1.54, 1.807) is 0 Å². The molecule has 4 rings (SSSR count). The number of halogens is 1. The Morgan fingerprint density at radius 3 is 2.66 bits per heavy atom. The van der Waals surface area contributed by atoms with Gasteiger partial charge in [0.2, 0.25) is 0 Å². The van der Waals surface area contributed by atoms with Crippen molar-refractivity contribution in [2.75, 3.05) is 38.5 Å². The number of hydrogen-bond donors (Lipinski definition) is 6. The summed E-state index contributed by atoms with van der Waals surface area (Å²) in [6.45, 7) is 2.54. The van der Waals surface area contributed by atoms with Gasteiger partial charge in [0.25, 0.3) is 0 Å². The predicted molar refractivity (Wildman–Crippen MR) is 140 cm³/mol. The third kappa shape index (κ3) is 6.74. The minimum Gasteiger partial charge on any atom is -0.480 e. The third-order valence-corrected chi connectivity index (χ3v) is 6.87. The van der Waals surface area contributed by atoms with Crippen molar-refractivity contribution in [3.05, 3.63) is 47.5 Å². The summed E-state index contributed by atoms with van der Waals surface area (Å²) in [6.07, 6.45) is -0.342. The van der Waals surface area contributed by atoms with Gasteiger partial charge < -0.3 is 36.8 Å². The highest BCUT2D eigenvalue weighted by atomic mass is 35.5. The van der Waals surface area contributed by atoms with Crippen molar-refractivity contribution in [2.45, 2.75) is 43.4 Å². The van der Waals surface area contributed by atoms with Gasteiger partial charge in [-0.2, -0.15) is 0 Å². The van der Waals surface area contributed by atoms with E-state index in [1.165, 1.54) is 17.2 Å². The van der Waals surface area contributed by atoms with Gasteiger partial charge in [0, 0.05) is 31.2 Å². The highest BCUT2D eigenvalue weighted by molar-refractivity contribution is 6.30. The molecular formula is C24H33ClN8O5. The van der Waals surface area contributed by atoms with Crippen molar-refractivity contribution >= 4 is 34.6 Å². The standard InChI is InChI=1S/C24H33ClN8O5/c25-15-3-1-14(2-4-15)5-7-28-8-10-32(9-6-16(26)24(36)37)11-17-19(34)20(35)23(38-17)33-13-31-18-21(27)29-12-30-22(18)33/h1-4,12-13,16-17,19-20,23,28,34-35H,5-11,26H2,(H,36,37)(H2,27,29,30)/t16-,17?,19+,20+,23+/m0/s1. The second kappa shape index (κ2) is 12.8. The molecule has 0 spiro atoms. The maximum Gasteiger partial charge on any atom is 0.320 e. The largest absolute Gasteiger partial charge is 0.480 e. The Balaban J connectivity index is 1.36. The molecule has 8 N–H and O–H groups in total. The zero-order valence-corrected chi connectivity index (χ0v) is 21.5. The molecule has 1 aromatic carbocycles. The van der Waals surface area contributed by atoms with Crippen molar-refractivity contribution in [3.63, 3.8) is 0 Å². The van der Waals surface area contributed by atoms with E-state index in [1.807, 2.05) is 29.2 Å². The monoisotopic (exact) mass is 548 g/mol. The van der Waals surface area contributed by atoms with Crippen LogP contribution in [0, 0.1) is 0 Å². The maximum absolute atomic E-state index is 11.2. The van der Waals surface area contributed by atoms with Crippen LogP contribution in [0.4, 0.5) is 5.82 Å². The average molecular weight is 549 g/mol. The molecule has 0 aliphatic carbocycles. The first-order valence-corrected chi connectivity index (χ1v) is 12.7. The van der Waals surface area contributed by atoms with Gasteiger partial charge in [-0.3, -0.25) is 14.3 Å². The normalized spacial score (nSPS) is 22.3. The van der Waals surface area contributed by atoms with E-state index in [9.17, 15) is 20.1 Å². The first kappa shape index (κ1) is 28.1. The number of nitrogens with zero attached hydrogens (tertiary/aromatic N) is 5. The molecule has 1 fully saturated rings. The van der Waals surface area contributed by atoms with Crippen LogP contribution in [-0.2, 0) is 16.0 Å². The Labute approximate surface area is 224 Å². The molecule has 0 saturated carbocycles. The quantitative estimate of drug-likeness (QED) is 0.151. The van der Waals surface area contributed by atoms with Crippen LogP contribution in [-0.4, -0.2) is 103 Å². The number of imidazole rings is 1. The van der Waals surface area contributed by atoms with Crippen molar-refractivity contribution in [1.29, 1.82) is 0 Å². The number of aromatic nitrogens is 4. The fourth-order valence-electron chi connectivity index (χ4n) is 4.41. The lowest BCUT2D eigenvalue weighted by Crippen LogP contribution is -2.44. The number of aliphatic hydroxyl groups is 2. The Morgan fingerprint density at radius 2 is 1.92 bits per heavy atom. The number of ether oxygens (including phenoxy) is 1. The molecule has 13 nitrogen and oxygen atoms in total. The van der Waals surface area contributed by atoms with Crippen LogP contribution in [0.25, 0.3) is 11.2 Å². The van der Waals surface area contributed by atoms with Crippen LogP contribution in [0.1, 0.15) is 18.2 Å². The number of benzene rings is 1. The van der Waals surface area contributed by atoms with E-state index in [-0.39, 0.29) is 18.8 Å². The summed E-state index contributed by atoms with van der Waals surface area (Å²) < 4.78 is 7.58. The second-order valence-corrected chi connectivity index (χ2v) is 9.73. The van der Waals surface area contributed by atoms with E-state index in [4.69, 9.17) is 27.8 Å². The number of hydrogen-bond acceptors (Lipinski definition) is 11. The van der Waals surface area contributed by atoms with E-state index in [0.29, 0.717) is 35.8 Å². The molecule has 0 radical (unpaired) electrons. The number of carboxylic acids is 1. The second-order valence-electron chi connectivity index (χ2n) is 9.29. The van der Waals surface area contributed by atoms with Gasteiger partial charge in [-0.15, -0.1) is 0 Å². The summed E-state index contributed by atoms with van der Waals surface area (Å²) in [6, 6.07) is 6.66. The molecule has 3 aromatic rings. The fraction of sp³-hybridized carbons (Fsp3) is 0.500. The third-order valence-electron chi connectivity index (χ3n) is 6.62. The molecule has 1 unspecified atom stereocenters. The van der Waals surface area contributed by atoms with Gasteiger partial charge in [-0.1, -0.05) is 23.7 Å². The predicted octanol–water partition coefficient (Wildman–Crippen LogP) is -0.383. The maximum atomic E-state index is 11.2. The Bertz CT molecular complexity index is 1210. The van der Waals surface area contributed by atoms with Gasteiger partial charge in [-0.05, 0) is 37.1 Å². The summed E-state index contributed by atoms with van der Waals surface area (Å²) in [7, 11) is 0. The Hall–Kier alpha value is -2.91. The molecule has 1 aliphatic rings. The van der Waals surface area contributed by atoms with Gasteiger partial charge in [0.1, 0.15) is 36.2 Å². The SMILES string of the molecule is Nc1ncnc2c1ncn2[C@@H]1OC(CN(CCNCCc2ccc(Cl)cc2)CC[C@H](N)C(=O)O)[C@@H](O)[C@H]1O. The number of rotatable bonds is 13. The van der Waals surface area contributed by atoms with Gasteiger partial charge in [0.05, 0.1) is 6.33 Å². The zero-order valence-electron chi connectivity index (χ0n) is 20.7. The van der Waals surface area contributed by atoms with E-state index < -0.39 is 36.6 Å². The number of fused-ring (bicyclic) bond motifs is 1. The van der Waals surface area contributed by atoms with Crippen molar-refractivity contribution in [2.24, 2.45) is 5.73 Å². The fourth-order valence-corrected chi connectivity index (χ4v) is 4.53. The summed E-state index contributed by atoms with van der Waals surface area (Å²) in [5, 5.41) is 34.8. The lowest BCUT2D eigenvalue weighted by Gasteiger charge is -2.27. The lowest BCUT2D eigenvalue weighted by molar-refractivity contribution is -0.138. The molecule has 2 aromatic heterocycles. The Kier molecular flexibility index (Phi) is 9.44. The highest BCUT2D eigenvalue weighted by Gasteiger charge is 2.44. The minimum atomic E-state index is -1.24. The first-order valence-electron chi connectivity index (χ1n) is 12.3. The number of nitrogen functional groups attached to an aromatic ring is 1. The van der Waals surface area contributed by atoms with E-state index >= 15 is 0 Å². The molecule has 1 saturated heterocycles. The Morgan fingerprint density at radius 1 is 1.16 bits per heavy atom. The molecule has 1 aliphatic heterocycles. The lowest BCUT2D eigenvalue weighted by atomic mass is 10.1. The number of carbonyl (C=O) groups is 1. The molecule has 0 amide bonds. The minimum absolute atomic E-state index is 0.197. The number of aliphatic carboxylic acids is 1. The molecule has 0 bridgehead atoms. The first-order chi connectivity index (χ1) is 18.2. The summed E-state index contributed by atoms with van der Waals surface area (Å²) >= 11 is 5.94. The molecule has 206 valence electrons. The van der Waals surface area contributed by atoms with Crippen molar-refractivity contribution < 1.29 is 24.9 Å². The van der Waals surface area contributed by atoms with Crippen LogP contribution < -0.4 is 16.8 Å². The van der Waals surface area contributed by atoms with Crippen LogP contribution in [0.3, 0.4) is 0 Å². The zero-order chi connectivity index (χ0) is 27.2. The molecular weight excluding hydrogens is 516 g/mol. The van der Waals surface area contributed by atoms with Gasteiger partial charge in [-0.25, -0.2) is 15.0 Å². The van der Waals surface area contributed by atoms with E-state index in [2.05, 4.69) is 20.3 Å². The van der Waals surface area contributed by atoms with Crippen LogP contribution in [0.5, 0.6) is 0 Å². The number of aliphatic hydroxyl groups excluding tert-OH is 2. The highest BCUT2D eigenvalue weighted by Crippen LogP contribution is 2.32. The van der Waals surface area contributed by atoms with E-state index in [0.717, 1.165) is 18.5 Å². The van der Waals surface area contributed by atoms with Crippen molar-refractivity contribution in [1.82, 2.24) is 29.7 Å². The molecule has 38 heavy (non-hydrogen) atoms. The van der Waals surface area contributed by atoms with Gasteiger partial charge >= 0.3 is 5.97 Å². The number of nitrogens with two attached hydrogens (primary N) is 2. The molecule has 14 heteroatoms. The summed E-state index contributed by atoms with van der Waals surface area (Å²) in [5.41, 5.74) is 13.5. The summed E-state index contributed by atoms with van der Waals surface area (Å²) in [4.78, 5) is 25.5. The number of carboxylic acid groups (broad SMARTS) is 1. The number of anilines is 1. The van der Waals surface area contributed by atoms with Gasteiger partial charge in [0.15, 0.2) is 17.7 Å². The van der Waals surface area contributed by atoms with Crippen molar-refractivity contribution in [3.8, 4) is 0 Å². The smallest absolute Gasteiger partial charge is 0.320 e. The topological polar surface area (TPSA) is 198 Å². The van der Waals surface area contributed by atoms with Crippen LogP contribution in [0.15, 0.2) is 36.9 Å². The van der Waals surface area contributed by atoms with Crippen LogP contribution in [0.2, 0.25) is 5.02 Å². The molecule has 3 heterocycles. The average Bonchev–Trinajstić information content (AvgIpc) is 3.45.